The molecule has 3 nitrogen and oxygen atoms in total. The van der Waals surface area contributed by atoms with Gasteiger partial charge in [0, 0.05) is 0 Å². The lowest BCUT2D eigenvalue weighted by molar-refractivity contribution is 0.0354. The zero-order valence-corrected chi connectivity index (χ0v) is 10.9. The first-order valence-corrected chi connectivity index (χ1v) is 7.37. The molecular formula is C10H17F5O3S. The highest BCUT2D eigenvalue weighted by molar-refractivity contribution is 7.85. The topological polar surface area (TPSA) is 54.4 Å². The fourth-order valence-corrected chi connectivity index (χ4v) is 2.05. The fourth-order valence-electron chi connectivity index (χ4n) is 1.46. The predicted octanol–water partition coefficient (Wildman–Crippen LogP) is 2.76. The van der Waals surface area contributed by atoms with Gasteiger partial charge in [-0.05, 0) is 12.8 Å². The smallest absolute Gasteiger partial charge is 0.267 e. The SMILES string of the molecule is O=S(=O)(O)CC(F)C(F)C(F)C(F)CCCCCF. The van der Waals surface area contributed by atoms with Gasteiger partial charge in [-0.25, -0.2) is 17.6 Å². The third-order valence-corrected chi connectivity index (χ3v) is 3.22. The van der Waals surface area contributed by atoms with Crippen LogP contribution in [-0.4, -0.2) is 50.1 Å². The van der Waals surface area contributed by atoms with Crippen LogP contribution in [0.5, 0.6) is 0 Å². The van der Waals surface area contributed by atoms with Crippen molar-refractivity contribution in [1.82, 2.24) is 0 Å². The molecule has 116 valence electrons. The van der Waals surface area contributed by atoms with Crippen LogP contribution in [0.2, 0.25) is 0 Å². The third-order valence-electron chi connectivity index (χ3n) is 2.48. The Balaban J connectivity index is 4.19. The molecule has 0 heterocycles. The van der Waals surface area contributed by atoms with Gasteiger partial charge in [0.15, 0.2) is 18.5 Å². The van der Waals surface area contributed by atoms with Gasteiger partial charge in [0.2, 0.25) is 0 Å². The van der Waals surface area contributed by atoms with Crippen molar-refractivity contribution < 1.29 is 34.9 Å². The van der Waals surface area contributed by atoms with Crippen molar-refractivity contribution in [3.05, 3.63) is 0 Å². The van der Waals surface area contributed by atoms with Crippen LogP contribution in [0.4, 0.5) is 22.0 Å². The molecule has 0 fully saturated rings. The molecule has 0 aromatic rings. The maximum Gasteiger partial charge on any atom is 0.267 e. The molecule has 4 atom stereocenters. The first kappa shape index (κ1) is 18.6. The van der Waals surface area contributed by atoms with Gasteiger partial charge >= 0.3 is 0 Å². The molecule has 19 heavy (non-hydrogen) atoms. The summed E-state index contributed by atoms with van der Waals surface area (Å²) in [5.74, 6) is -1.62. The summed E-state index contributed by atoms with van der Waals surface area (Å²) in [6.07, 6.45) is -10.7. The zero-order chi connectivity index (χ0) is 15.1. The van der Waals surface area contributed by atoms with Crippen LogP contribution in [0, 0.1) is 0 Å². The van der Waals surface area contributed by atoms with E-state index in [1.807, 2.05) is 0 Å². The molecule has 0 aromatic heterocycles. The molecule has 1 N–H and O–H groups in total. The molecule has 0 spiro atoms. The largest absolute Gasteiger partial charge is 0.285 e. The molecule has 0 aromatic carbocycles. The average Bonchev–Trinajstić information content (AvgIpc) is 2.30. The van der Waals surface area contributed by atoms with E-state index in [0.29, 0.717) is 6.42 Å². The normalized spacial score (nSPS) is 18.8. The lowest BCUT2D eigenvalue weighted by Gasteiger charge is -2.19. The molecule has 0 radical (unpaired) electrons. The second-order valence-corrected chi connectivity index (χ2v) is 5.70. The van der Waals surface area contributed by atoms with Crippen LogP contribution in [0.25, 0.3) is 0 Å². The van der Waals surface area contributed by atoms with Gasteiger partial charge in [-0.2, -0.15) is 8.42 Å². The van der Waals surface area contributed by atoms with Crippen LogP contribution in [0.15, 0.2) is 0 Å². The van der Waals surface area contributed by atoms with E-state index in [9.17, 15) is 30.4 Å². The van der Waals surface area contributed by atoms with Crippen molar-refractivity contribution in [3.63, 3.8) is 0 Å². The molecule has 4 unspecified atom stereocenters. The quantitative estimate of drug-likeness (QED) is 0.383. The number of alkyl halides is 5. The summed E-state index contributed by atoms with van der Waals surface area (Å²) in [7, 11) is -4.80. The minimum atomic E-state index is -4.80. The van der Waals surface area contributed by atoms with Crippen molar-refractivity contribution >= 4 is 10.1 Å². The van der Waals surface area contributed by atoms with Gasteiger partial charge in [0.1, 0.15) is 11.9 Å². The fraction of sp³-hybridized carbons (Fsp3) is 1.00. The Hall–Kier alpha value is -0.440. The Bertz CT molecular complexity index is 338. The van der Waals surface area contributed by atoms with E-state index in [1.54, 1.807) is 0 Å². The van der Waals surface area contributed by atoms with Gasteiger partial charge in [-0.1, -0.05) is 12.8 Å². The predicted molar refractivity (Wildman–Crippen MR) is 60.4 cm³/mol. The summed E-state index contributed by atoms with van der Waals surface area (Å²) in [4.78, 5) is 0. The summed E-state index contributed by atoms with van der Waals surface area (Å²) in [5, 5.41) is 0. The Morgan fingerprint density at radius 3 is 1.89 bits per heavy atom. The zero-order valence-electron chi connectivity index (χ0n) is 10.1. The lowest BCUT2D eigenvalue weighted by Crippen LogP contribution is -2.38. The maximum atomic E-state index is 13.2. The van der Waals surface area contributed by atoms with Crippen LogP contribution < -0.4 is 0 Å². The Kier molecular flexibility index (Phi) is 8.47. The number of halogens is 5. The highest BCUT2D eigenvalue weighted by Crippen LogP contribution is 2.22. The van der Waals surface area contributed by atoms with Crippen molar-refractivity contribution in [1.29, 1.82) is 0 Å². The van der Waals surface area contributed by atoms with Gasteiger partial charge < -0.3 is 0 Å². The molecule has 0 aliphatic carbocycles. The Labute approximate surface area is 108 Å². The molecule has 0 saturated carbocycles. The minimum Gasteiger partial charge on any atom is -0.285 e. The lowest BCUT2D eigenvalue weighted by atomic mass is 10.0. The standard InChI is InChI=1S/C10H17F5O3S/c11-5-3-1-2-4-7(12)9(14)10(15)8(13)6-19(16,17)18/h7-10H,1-6H2,(H,16,17,18). The number of unbranched alkanes of at least 4 members (excludes halogenated alkanes) is 2. The summed E-state index contributed by atoms with van der Waals surface area (Å²) in [6.45, 7) is -0.595. The Morgan fingerprint density at radius 1 is 0.895 bits per heavy atom. The maximum absolute atomic E-state index is 13.2. The van der Waals surface area contributed by atoms with E-state index in [4.69, 9.17) is 4.55 Å². The van der Waals surface area contributed by atoms with E-state index in [2.05, 4.69) is 0 Å². The second kappa shape index (κ2) is 8.68. The van der Waals surface area contributed by atoms with Crippen molar-refractivity contribution in [2.75, 3.05) is 12.4 Å². The van der Waals surface area contributed by atoms with Crippen molar-refractivity contribution in [3.8, 4) is 0 Å². The molecule has 0 bridgehead atoms. The molecule has 0 saturated heterocycles. The molecule has 0 aliphatic rings. The average molecular weight is 312 g/mol. The van der Waals surface area contributed by atoms with Crippen LogP contribution in [0.3, 0.4) is 0 Å². The van der Waals surface area contributed by atoms with E-state index >= 15 is 0 Å². The number of hydrogen-bond donors (Lipinski definition) is 1. The van der Waals surface area contributed by atoms with Crippen molar-refractivity contribution in [2.45, 2.75) is 50.4 Å². The monoisotopic (exact) mass is 312 g/mol. The number of rotatable bonds is 10. The minimum absolute atomic E-state index is 0.119. The van der Waals surface area contributed by atoms with E-state index in [1.165, 1.54) is 0 Å². The van der Waals surface area contributed by atoms with Gasteiger partial charge in [0.05, 0.1) is 6.67 Å². The summed E-state index contributed by atoms with van der Waals surface area (Å²) < 4.78 is 93.0. The van der Waals surface area contributed by atoms with Crippen LogP contribution >= 0.6 is 0 Å². The first-order chi connectivity index (χ1) is 8.69. The highest BCUT2D eigenvalue weighted by Gasteiger charge is 2.37. The van der Waals surface area contributed by atoms with Gasteiger partial charge in [0.25, 0.3) is 10.1 Å². The molecule has 0 rings (SSSR count). The van der Waals surface area contributed by atoms with Gasteiger partial charge in [-0.3, -0.25) is 8.94 Å². The first-order valence-electron chi connectivity index (χ1n) is 5.76. The highest BCUT2D eigenvalue weighted by atomic mass is 32.2. The van der Waals surface area contributed by atoms with Crippen LogP contribution in [-0.2, 0) is 10.1 Å². The van der Waals surface area contributed by atoms with E-state index < -0.39 is 53.7 Å². The summed E-state index contributed by atoms with van der Waals surface area (Å²) >= 11 is 0. The third kappa shape index (κ3) is 8.35. The summed E-state index contributed by atoms with van der Waals surface area (Å²) in [6, 6.07) is 0. The number of hydrogen-bond acceptors (Lipinski definition) is 2. The Morgan fingerprint density at radius 2 is 1.42 bits per heavy atom. The van der Waals surface area contributed by atoms with E-state index in [0.717, 1.165) is 0 Å². The summed E-state index contributed by atoms with van der Waals surface area (Å²) in [5.41, 5.74) is 0. The van der Waals surface area contributed by atoms with Crippen LogP contribution in [0.1, 0.15) is 25.7 Å². The molecule has 0 aliphatic heterocycles. The van der Waals surface area contributed by atoms with Gasteiger partial charge in [-0.15, -0.1) is 0 Å². The molecule has 9 heteroatoms. The van der Waals surface area contributed by atoms with E-state index in [-0.39, 0.29) is 12.8 Å². The molecular weight excluding hydrogens is 295 g/mol. The molecule has 0 amide bonds. The second-order valence-electron chi connectivity index (χ2n) is 4.21. The van der Waals surface area contributed by atoms with Crippen molar-refractivity contribution in [2.24, 2.45) is 0 Å².